The fourth-order valence-corrected chi connectivity index (χ4v) is 2.83. The molecule has 0 atom stereocenters. The van der Waals surface area contributed by atoms with Gasteiger partial charge in [0.15, 0.2) is 5.78 Å². The van der Waals surface area contributed by atoms with Crippen LogP contribution in [-0.4, -0.2) is 11.5 Å². The third-order valence-electron chi connectivity index (χ3n) is 1.90. The smallest absolute Gasteiger partial charge is 0.160 e. The molecule has 0 saturated carbocycles. The van der Waals surface area contributed by atoms with Crippen molar-refractivity contribution in [1.29, 1.82) is 0 Å². The Morgan fingerprint density at radius 1 is 1.47 bits per heavy atom. The first-order valence-electron chi connectivity index (χ1n) is 4.94. The Balaban J connectivity index is 2.78. The Hall–Kier alpha value is -0.280. The number of carbonyl (C=O) groups excluding carboxylic acids is 1. The Kier molecular flexibility index (Phi) is 4.87. The number of rotatable bonds is 4. The van der Waals surface area contributed by atoms with E-state index in [1.165, 1.54) is 4.90 Å². The first-order valence-corrected chi connectivity index (χ1v) is 6.72. The van der Waals surface area contributed by atoms with Gasteiger partial charge in [-0.3, -0.25) is 4.79 Å². The highest BCUT2D eigenvalue weighted by atomic mass is 79.9. The highest BCUT2D eigenvalue weighted by Gasteiger charge is 2.06. The van der Waals surface area contributed by atoms with Gasteiger partial charge in [0.2, 0.25) is 0 Å². The lowest BCUT2D eigenvalue weighted by atomic mass is 10.1. The van der Waals surface area contributed by atoms with E-state index in [1.807, 2.05) is 30.0 Å². The monoisotopic (exact) mass is 286 g/mol. The predicted molar refractivity (Wildman–Crippen MR) is 69.7 cm³/mol. The van der Waals surface area contributed by atoms with Gasteiger partial charge in [0.1, 0.15) is 0 Å². The van der Waals surface area contributed by atoms with Gasteiger partial charge in [-0.05, 0) is 31.0 Å². The molecule has 0 spiro atoms. The molecule has 1 aromatic carbocycles. The zero-order chi connectivity index (χ0) is 11.4. The molecule has 0 aliphatic rings. The summed E-state index contributed by atoms with van der Waals surface area (Å²) in [7, 11) is 0. The molecule has 0 saturated heterocycles. The van der Waals surface area contributed by atoms with E-state index >= 15 is 0 Å². The minimum atomic E-state index is 0.0993. The van der Waals surface area contributed by atoms with Crippen LogP contribution in [0.3, 0.4) is 0 Å². The molecular weight excluding hydrogens is 272 g/mol. The molecule has 0 heterocycles. The standard InChI is InChI=1S/C12H15BrOS/c1-8(2)7-15-10-4-5-11(9(3)14)12(13)6-10/h4-6,8H,7H2,1-3H3. The number of ketones is 1. The molecule has 0 N–H and O–H groups in total. The van der Waals surface area contributed by atoms with Crippen LogP contribution in [0.25, 0.3) is 0 Å². The van der Waals surface area contributed by atoms with Crippen LogP contribution in [-0.2, 0) is 0 Å². The van der Waals surface area contributed by atoms with E-state index in [9.17, 15) is 4.79 Å². The van der Waals surface area contributed by atoms with Crippen LogP contribution in [0.2, 0.25) is 0 Å². The fourth-order valence-electron chi connectivity index (χ4n) is 1.13. The Morgan fingerprint density at radius 3 is 2.60 bits per heavy atom. The van der Waals surface area contributed by atoms with Gasteiger partial charge in [0, 0.05) is 20.7 Å². The van der Waals surface area contributed by atoms with Gasteiger partial charge in [-0.25, -0.2) is 0 Å². The SMILES string of the molecule is CC(=O)c1ccc(SCC(C)C)cc1Br. The Labute approximate surface area is 104 Å². The average Bonchev–Trinajstić information content (AvgIpc) is 2.14. The van der Waals surface area contributed by atoms with Gasteiger partial charge in [-0.1, -0.05) is 29.8 Å². The molecule has 3 heteroatoms. The average molecular weight is 287 g/mol. The van der Waals surface area contributed by atoms with Crippen molar-refractivity contribution in [1.82, 2.24) is 0 Å². The minimum absolute atomic E-state index is 0.0993. The Bertz CT molecular complexity index is 361. The predicted octanol–water partition coefficient (Wildman–Crippen LogP) is 4.40. The lowest BCUT2D eigenvalue weighted by molar-refractivity contribution is 0.101. The van der Waals surface area contributed by atoms with E-state index in [-0.39, 0.29) is 5.78 Å². The van der Waals surface area contributed by atoms with Gasteiger partial charge in [0.25, 0.3) is 0 Å². The number of halogens is 1. The molecule has 0 amide bonds. The molecule has 0 radical (unpaired) electrons. The van der Waals surface area contributed by atoms with Crippen molar-refractivity contribution < 1.29 is 4.79 Å². The van der Waals surface area contributed by atoms with Gasteiger partial charge in [-0.2, -0.15) is 0 Å². The van der Waals surface area contributed by atoms with Crippen molar-refractivity contribution in [3.63, 3.8) is 0 Å². The molecule has 0 bridgehead atoms. The normalized spacial score (nSPS) is 10.7. The zero-order valence-corrected chi connectivity index (χ0v) is 11.6. The molecule has 1 rings (SSSR count). The van der Waals surface area contributed by atoms with Gasteiger partial charge in [-0.15, -0.1) is 11.8 Å². The van der Waals surface area contributed by atoms with Crippen LogP contribution in [0.15, 0.2) is 27.6 Å². The molecule has 0 fully saturated rings. The minimum Gasteiger partial charge on any atom is -0.294 e. The summed E-state index contributed by atoms with van der Waals surface area (Å²) < 4.78 is 0.892. The Morgan fingerprint density at radius 2 is 2.13 bits per heavy atom. The van der Waals surface area contributed by atoms with Crippen molar-refractivity contribution in [2.24, 2.45) is 5.92 Å². The van der Waals surface area contributed by atoms with Crippen molar-refractivity contribution >= 4 is 33.5 Å². The summed E-state index contributed by atoms with van der Waals surface area (Å²) in [6.45, 7) is 5.99. The van der Waals surface area contributed by atoms with E-state index in [0.29, 0.717) is 5.92 Å². The summed E-state index contributed by atoms with van der Waals surface area (Å²) in [5.74, 6) is 1.88. The number of Topliss-reactive ketones (excluding diaryl/α,β-unsaturated/α-hetero) is 1. The van der Waals surface area contributed by atoms with Crippen LogP contribution in [0.5, 0.6) is 0 Å². The van der Waals surface area contributed by atoms with E-state index < -0.39 is 0 Å². The summed E-state index contributed by atoms with van der Waals surface area (Å²) >= 11 is 5.24. The fraction of sp³-hybridized carbons (Fsp3) is 0.417. The first-order chi connectivity index (χ1) is 7.00. The molecule has 0 unspecified atom stereocenters. The van der Waals surface area contributed by atoms with Crippen LogP contribution < -0.4 is 0 Å². The van der Waals surface area contributed by atoms with Crippen LogP contribution in [0.1, 0.15) is 31.1 Å². The lowest BCUT2D eigenvalue weighted by Gasteiger charge is -2.06. The quantitative estimate of drug-likeness (QED) is 0.603. The summed E-state index contributed by atoms with van der Waals surface area (Å²) in [6, 6.07) is 5.91. The lowest BCUT2D eigenvalue weighted by Crippen LogP contribution is -1.94. The zero-order valence-electron chi connectivity index (χ0n) is 9.21. The van der Waals surface area contributed by atoms with E-state index in [4.69, 9.17) is 0 Å². The third kappa shape index (κ3) is 3.99. The third-order valence-corrected chi connectivity index (χ3v) is 3.98. The summed E-state index contributed by atoms with van der Waals surface area (Å²) in [6.07, 6.45) is 0. The first kappa shape index (κ1) is 12.8. The number of hydrogen-bond acceptors (Lipinski definition) is 2. The topological polar surface area (TPSA) is 17.1 Å². The van der Waals surface area contributed by atoms with Crippen molar-refractivity contribution in [3.8, 4) is 0 Å². The van der Waals surface area contributed by atoms with Gasteiger partial charge in [0.05, 0.1) is 0 Å². The number of hydrogen-bond donors (Lipinski definition) is 0. The van der Waals surface area contributed by atoms with Crippen LogP contribution in [0, 0.1) is 5.92 Å². The van der Waals surface area contributed by atoms with Crippen molar-refractivity contribution in [2.75, 3.05) is 5.75 Å². The van der Waals surface area contributed by atoms with Crippen LogP contribution >= 0.6 is 27.7 Å². The maximum atomic E-state index is 11.2. The summed E-state index contributed by atoms with van der Waals surface area (Å²) in [4.78, 5) is 12.4. The molecule has 82 valence electrons. The molecule has 0 aliphatic carbocycles. The largest absolute Gasteiger partial charge is 0.294 e. The number of benzene rings is 1. The second-order valence-corrected chi connectivity index (χ2v) is 5.85. The van der Waals surface area contributed by atoms with Crippen molar-refractivity contribution in [2.45, 2.75) is 25.7 Å². The highest BCUT2D eigenvalue weighted by molar-refractivity contribution is 9.10. The molecule has 0 aliphatic heterocycles. The van der Waals surface area contributed by atoms with E-state index in [0.717, 1.165) is 15.8 Å². The van der Waals surface area contributed by atoms with Gasteiger partial charge < -0.3 is 0 Å². The van der Waals surface area contributed by atoms with Crippen LogP contribution in [0.4, 0.5) is 0 Å². The maximum Gasteiger partial charge on any atom is 0.160 e. The molecular formula is C12H15BrOS. The van der Waals surface area contributed by atoms with Crippen molar-refractivity contribution in [3.05, 3.63) is 28.2 Å². The maximum absolute atomic E-state index is 11.2. The second kappa shape index (κ2) is 5.71. The van der Waals surface area contributed by atoms with E-state index in [2.05, 4.69) is 29.8 Å². The second-order valence-electron chi connectivity index (χ2n) is 3.90. The molecule has 0 aromatic heterocycles. The van der Waals surface area contributed by atoms with Gasteiger partial charge >= 0.3 is 0 Å². The number of thioether (sulfide) groups is 1. The molecule has 15 heavy (non-hydrogen) atoms. The molecule has 1 nitrogen and oxygen atoms in total. The molecule has 1 aromatic rings. The van der Waals surface area contributed by atoms with E-state index in [1.54, 1.807) is 6.92 Å². The highest BCUT2D eigenvalue weighted by Crippen LogP contribution is 2.26. The summed E-state index contributed by atoms with van der Waals surface area (Å²) in [5.41, 5.74) is 0.754. The number of carbonyl (C=O) groups is 1. The summed E-state index contributed by atoms with van der Waals surface area (Å²) in [5, 5.41) is 0.